The number of hydrogen-bond donors (Lipinski definition) is 3. The number of hydrogen-bond acceptors (Lipinski definition) is 3. The molecule has 3 N–H and O–H groups in total. The summed E-state index contributed by atoms with van der Waals surface area (Å²) in [5.41, 5.74) is 0.484. The summed E-state index contributed by atoms with van der Waals surface area (Å²) >= 11 is 5.86. The molecule has 1 aliphatic heterocycles. The third kappa shape index (κ3) is 3.71. The molecule has 1 aromatic rings. The van der Waals surface area contributed by atoms with Crippen LogP contribution >= 0.6 is 11.6 Å². The molecule has 1 heterocycles. The normalized spacial score (nSPS) is 22.3. The maximum Gasteiger partial charge on any atom is 0.335 e. The first-order valence-corrected chi connectivity index (χ1v) is 6.91. The van der Waals surface area contributed by atoms with Gasteiger partial charge in [-0.1, -0.05) is 11.6 Å². The van der Waals surface area contributed by atoms with E-state index in [-0.39, 0.29) is 17.4 Å². The van der Waals surface area contributed by atoms with Gasteiger partial charge < -0.3 is 15.7 Å². The van der Waals surface area contributed by atoms with Crippen LogP contribution in [0.25, 0.3) is 0 Å². The van der Waals surface area contributed by atoms with Crippen LogP contribution in [0.5, 0.6) is 0 Å². The van der Waals surface area contributed by atoms with Gasteiger partial charge in [0.15, 0.2) is 0 Å². The Morgan fingerprint density at radius 2 is 2.15 bits per heavy atom. The lowest BCUT2D eigenvalue weighted by Gasteiger charge is -2.27. The highest BCUT2D eigenvalue weighted by Gasteiger charge is 2.24. The van der Waals surface area contributed by atoms with Crippen molar-refractivity contribution in [1.82, 2.24) is 5.32 Å². The van der Waals surface area contributed by atoms with Crippen molar-refractivity contribution in [3.8, 4) is 0 Å². The molecule has 2 atom stereocenters. The summed E-state index contributed by atoms with van der Waals surface area (Å²) in [7, 11) is 0. The molecule has 1 saturated heterocycles. The standard InChI is InChI=1S/C14H17ClN2O3/c1-8-4-9(2-3-16-8)13(18)17-12-6-10(14(19)20)5-11(15)7-12/h5-9,16H,2-4H2,1H3,(H,17,18)(H,19,20). The zero-order valence-electron chi connectivity index (χ0n) is 11.1. The molecule has 0 saturated carbocycles. The molecular formula is C14H17ClN2O3. The Hall–Kier alpha value is -1.59. The molecule has 5 nitrogen and oxygen atoms in total. The van der Waals surface area contributed by atoms with E-state index in [2.05, 4.69) is 10.6 Å². The highest BCUT2D eigenvalue weighted by Crippen LogP contribution is 2.22. The second-order valence-electron chi connectivity index (χ2n) is 5.10. The van der Waals surface area contributed by atoms with Gasteiger partial charge in [0.25, 0.3) is 0 Å². The molecule has 2 rings (SSSR count). The number of carbonyl (C=O) groups excluding carboxylic acids is 1. The highest BCUT2D eigenvalue weighted by atomic mass is 35.5. The smallest absolute Gasteiger partial charge is 0.335 e. The van der Waals surface area contributed by atoms with Crippen molar-refractivity contribution in [2.75, 3.05) is 11.9 Å². The number of carboxylic acid groups (broad SMARTS) is 1. The van der Waals surface area contributed by atoms with Crippen LogP contribution in [0.3, 0.4) is 0 Å². The summed E-state index contributed by atoms with van der Waals surface area (Å²) in [5.74, 6) is -1.21. The fourth-order valence-electron chi connectivity index (χ4n) is 2.40. The van der Waals surface area contributed by atoms with E-state index in [1.54, 1.807) is 6.07 Å². The van der Waals surface area contributed by atoms with Crippen LogP contribution in [0.2, 0.25) is 5.02 Å². The fourth-order valence-corrected chi connectivity index (χ4v) is 2.63. The van der Waals surface area contributed by atoms with Gasteiger partial charge in [-0.2, -0.15) is 0 Å². The zero-order chi connectivity index (χ0) is 14.7. The SMILES string of the molecule is CC1CC(C(=O)Nc2cc(Cl)cc(C(=O)O)c2)CCN1. The predicted molar refractivity (Wildman–Crippen MR) is 77.2 cm³/mol. The van der Waals surface area contributed by atoms with Crippen molar-refractivity contribution >= 4 is 29.2 Å². The van der Waals surface area contributed by atoms with E-state index < -0.39 is 5.97 Å². The van der Waals surface area contributed by atoms with Crippen molar-refractivity contribution in [3.05, 3.63) is 28.8 Å². The lowest BCUT2D eigenvalue weighted by atomic mass is 9.92. The minimum absolute atomic E-state index is 0.0569. The van der Waals surface area contributed by atoms with Crippen LogP contribution in [0, 0.1) is 5.92 Å². The lowest BCUT2D eigenvalue weighted by molar-refractivity contribution is -0.120. The second kappa shape index (κ2) is 6.24. The van der Waals surface area contributed by atoms with E-state index >= 15 is 0 Å². The summed E-state index contributed by atoms with van der Waals surface area (Å²) in [6.45, 7) is 2.86. The van der Waals surface area contributed by atoms with Crippen LogP contribution in [0.15, 0.2) is 18.2 Å². The molecule has 0 radical (unpaired) electrons. The molecule has 0 spiro atoms. The van der Waals surface area contributed by atoms with Gasteiger partial charge in [-0.25, -0.2) is 4.79 Å². The first-order valence-electron chi connectivity index (χ1n) is 6.54. The Labute approximate surface area is 122 Å². The van der Waals surface area contributed by atoms with Gasteiger partial charge in [0.05, 0.1) is 5.56 Å². The molecule has 1 amide bonds. The topological polar surface area (TPSA) is 78.4 Å². The van der Waals surface area contributed by atoms with Crippen LogP contribution < -0.4 is 10.6 Å². The Kier molecular flexibility index (Phi) is 4.62. The predicted octanol–water partition coefficient (Wildman–Crippen LogP) is 2.36. The maximum atomic E-state index is 12.2. The summed E-state index contributed by atoms with van der Waals surface area (Å²) in [4.78, 5) is 23.1. The molecule has 1 aromatic carbocycles. The number of rotatable bonds is 3. The fraction of sp³-hybridized carbons (Fsp3) is 0.429. The second-order valence-corrected chi connectivity index (χ2v) is 5.54. The van der Waals surface area contributed by atoms with E-state index in [9.17, 15) is 9.59 Å². The molecule has 6 heteroatoms. The number of amides is 1. The summed E-state index contributed by atoms with van der Waals surface area (Å²) in [6.07, 6.45) is 1.56. The highest BCUT2D eigenvalue weighted by molar-refractivity contribution is 6.31. The number of benzene rings is 1. The molecule has 20 heavy (non-hydrogen) atoms. The molecule has 2 unspecified atom stereocenters. The minimum Gasteiger partial charge on any atom is -0.478 e. The molecule has 0 aliphatic carbocycles. The van der Waals surface area contributed by atoms with Crippen molar-refractivity contribution in [2.24, 2.45) is 5.92 Å². The molecule has 1 fully saturated rings. The van der Waals surface area contributed by atoms with Gasteiger partial charge in [0, 0.05) is 22.7 Å². The van der Waals surface area contributed by atoms with Crippen molar-refractivity contribution < 1.29 is 14.7 Å². The summed E-state index contributed by atoms with van der Waals surface area (Å²) in [5, 5.41) is 15.3. The third-order valence-corrected chi connectivity index (χ3v) is 3.62. The van der Waals surface area contributed by atoms with Crippen LogP contribution in [0.1, 0.15) is 30.1 Å². The Bertz CT molecular complexity index is 533. The van der Waals surface area contributed by atoms with Crippen molar-refractivity contribution in [2.45, 2.75) is 25.8 Å². The maximum absolute atomic E-state index is 12.2. The molecular weight excluding hydrogens is 280 g/mol. The minimum atomic E-state index is -1.07. The molecule has 0 bridgehead atoms. The number of anilines is 1. The van der Waals surface area contributed by atoms with Crippen molar-refractivity contribution in [3.63, 3.8) is 0 Å². The Morgan fingerprint density at radius 3 is 2.80 bits per heavy atom. The third-order valence-electron chi connectivity index (χ3n) is 3.41. The number of carbonyl (C=O) groups is 2. The van der Waals surface area contributed by atoms with Crippen molar-refractivity contribution in [1.29, 1.82) is 0 Å². The van der Waals surface area contributed by atoms with E-state index in [1.807, 2.05) is 6.92 Å². The van der Waals surface area contributed by atoms with E-state index in [1.165, 1.54) is 12.1 Å². The molecule has 1 aliphatic rings. The monoisotopic (exact) mass is 296 g/mol. The van der Waals surface area contributed by atoms with Gasteiger partial charge in [0.2, 0.25) is 5.91 Å². The van der Waals surface area contributed by atoms with Gasteiger partial charge in [0.1, 0.15) is 0 Å². The van der Waals surface area contributed by atoms with Crippen LogP contribution in [0.4, 0.5) is 5.69 Å². The van der Waals surface area contributed by atoms with Crippen LogP contribution in [-0.2, 0) is 4.79 Å². The zero-order valence-corrected chi connectivity index (χ0v) is 11.9. The van der Waals surface area contributed by atoms with E-state index in [0.717, 1.165) is 19.4 Å². The first kappa shape index (κ1) is 14.8. The van der Waals surface area contributed by atoms with E-state index in [0.29, 0.717) is 16.8 Å². The number of piperidine rings is 1. The van der Waals surface area contributed by atoms with Crippen LogP contribution in [-0.4, -0.2) is 29.6 Å². The van der Waals surface area contributed by atoms with Gasteiger partial charge in [-0.3, -0.25) is 4.79 Å². The summed E-state index contributed by atoms with van der Waals surface area (Å²) < 4.78 is 0. The number of carboxylic acids is 1. The largest absolute Gasteiger partial charge is 0.478 e. The number of halogens is 1. The number of aromatic carboxylic acids is 1. The lowest BCUT2D eigenvalue weighted by Crippen LogP contribution is -2.40. The Morgan fingerprint density at radius 1 is 1.40 bits per heavy atom. The Balaban J connectivity index is 2.09. The summed E-state index contributed by atoms with van der Waals surface area (Å²) in [6, 6.07) is 4.63. The quantitative estimate of drug-likeness (QED) is 0.800. The van der Waals surface area contributed by atoms with Gasteiger partial charge in [-0.15, -0.1) is 0 Å². The average Bonchev–Trinajstić information content (AvgIpc) is 2.37. The number of nitrogens with one attached hydrogen (secondary N) is 2. The van der Waals surface area contributed by atoms with E-state index in [4.69, 9.17) is 16.7 Å². The molecule has 108 valence electrons. The first-order chi connectivity index (χ1) is 9.45. The average molecular weight is 297 g/mol. The van der Waals surface area contributed by atoms with Gasteiger partial charge >= 0.3 is 5.97 Å². The molecule has 0 aromatic heterocycles. The van der Waals surface area contributed by atoms with Gasteiger partial charge in [-0.05, 0) is 44.5 Å².